The lowest BCUT2D eigenvalue weighted by Crippen LogP contribution is -2.42. The zero-order valence-electron chi connectivity index (χ0n) is 16.2. The number of hydrazine groups is 1. The van der Waals surface area contributed by atoms with Crippen LogP contribution in [-0.4, -0.2) is 21.6 Å². The lowest BCUT2D eigenvalue weighted by Gasteiger charge is -2.09. The molecule has 6 nitrogen and oxygen atoms in total. The molecule has 2 N–H and O–H groups in total. The fourth-order valence-corrected chi connectivity index (χ4v) is 3.20. The number of nitrogens with zero attached hydrogens (tertiary/aromatic N) is 2. The van der Waals surface area contributed by atoms with Crippen molar-refractivity contribution >= 4 is 35.0 Å². The van der Waals surface area contributed by atoms with E-state index in [0.29, 0.717) is 15.6 Å². The predicted molar refractivity (Wildman–Crippen MR) is 114 cm³/mol. The Balaban J connectivity index is 1.69. The lowest BCUT2D eigenvalue weighted by atomic mass is 10.1. The predicted octanol–water partition coefficient (Wildman–Crippen LogP) is 4.11. The Morgan fingerprint density at radius 3 is 2.34 bits per heavy atom. The second kappa shape index (κ2) is 8.68. The molecule has 0 radical (unpaired) electrons. The highest BCUT2D eigenvalue weighted by molar-refractivity contribution is 6.31. The van der Waals surface area contributed by atoms with E-state index in [1.807, 2.05) is 39.0 Å². The van der Waals surface area contributed by atoms with E-state index in [-0.39, 0.29) is 12.3 Å². The van der Waals surface area contributed by atoms with Crippen LogP contribution in [0.4, 0.5) is 0 Å². The van der Waals surface area contributed by atoms with Crippen LogP contribution in [0.15, 0.2) is 42.5 Å². The third-order valence-electron chi connectivity index (χ3n) is 4.60. The highest BCUT2D eigenvalue weighted by Gasteiger charge is 2.17. The highest BCUT2D eigenvalue weighted by atomic mass is 35.5. The molecular formula is C21H20Cl2N4O2. The first-order valence-electron chi connectivity index (χ1n) is 8.92. The van der Waals surface area contributed by atoms with Gasteiger partial charge in [-0.1, -0.05) is 29.3 Å². The minimum absolute atomic E-state index is 0.0815. The second-order valence-electron chi connectivity index (χ2n) is 6.68. The minimum Gasteiger partial charge on any atom is -0.273 e. The van der Waals surface area contributed by atoms with Gasteiger partial charge in [0.25, 0.3) is 5.91 Å². The summed E-state index contributed by atoms with van der Waals surface area (Å²) in [5.41, 5.74) is 9.40. The standard InChI is InChI=1S/C21H20Cl2N4O2/c1-12-4-9-17(10-19(12)23)27-14(3)18(13(2)26-27)11-20(28)24-25-21(29)15-5-7-16(22)8-6-15/h4-10H,11H2,1-3H3,(H,24,28)(H,25,29). The molecule has 0 unspecified atom stereocenters. The topological polar surface area (TPSA) is 76.0 Å². The van der Waals surface area contributed by atoms with E-state index < -0.39 is 5.91 Å². The molecule has 3 aromatic rings. The normalized spacial score (nSPS) is 10.7. The summed E-state index contributed by atoms with van der Waals surface area (Å²) < 4.78 is 1.76. The van der Waals surface area contributed by atoms with Crippen molar-refractivity contribution in [3.05, 3.63) is 80.6 Å². The quantitative estimate of drug-likeness (QED) is 0.611. The van der Waals surface area contributed by atoms with Gasteiger partial charge in [-0.15, -0.1) is 0 Å². The van der Waals surface area contributed by atoms with Gasteiger partial charge in [0.1, 0.15) is 0 Å². The molecule has 1 heterocycles. The molecular weight excluding hydrogens is 411 g/mol. The van der Waals surface area contributed by atoms with Crippen molar-refractivity contribution < 1.29 is 9.59 Å². The van der Waals surface area contributed by atoms with Gasteiger partial charge in [-0.05, 0) is 62.7 Å². The van der Waals surface area contributed by atoms with Crippen LogP contribution < -0.4 is 10.9 Å². The van der Waals surface area contributed by atoms with E-state index >= 15 is 0 Å². The van der Waals surface area contributed by atoms with Crippen molar-refractivity contribution in [2.45, 2.75) is 27.2 Å². The Kier molecular flexibility index (Phi) is 6.25. The molecule has 2 aromatic carbocycles. The number of amides is 2. The summed E-state index contributed by atoms with van der Waals surface area (Å²) in [7, 11) is 0. The summed E-state index contributed by atoms with van der Waals surface area (Å²) in [6, 6.07) is 12.1. The largest absolute Gasteiger partial charge is 0.273 e. The summed E-state index contributed by atoms with van der Waals surface area (Å²) in [6.07, 6.45) is 0.0815. The fraction of sp³-hybridized carbons (Fsp3) is 0.190. The first-order valence-corrected chi connectivity index (χ1v) is 9.68. The van der Waals surface area contributed by atoms with Crippen LogP contribution in [0.5, 0.6) is 0 Å². The van der Waals surface area contributed by atoms with Gasteiger partial charge in [0.2, 0.25) is 5.91 Å². The molecule has 29 heavy (non-hydrogen) atoms. The fourth-order valence-electron chi connectivity index (χ4n) is 2.90. The van der Waals surface area contributed by atoms with Crippen molar-refractivity contribution in [3.63, 3.8) is 0 Å². The Bertz CT molecular complexity index is 1080. The molecule has 0 atom stereocenters. The molecule has 0 saturated heterocycles. The molecule has 0 fully saturated rings. The number of hydrogen-bond donors (Lipinski definition) is 2. The van der Waals surface area contributed by atoms with E-state index in [2.05, 4.69) is 16.0 Å². The van der Waals surface area contributed by atoms with Crippen molar-refractivity contribution in [2.24, 2.45) is 0 Å². The maximum atomic E-state index is 12.3. The van der Waals surface area contributed by atoms with Gasteiger partial charge in [0, 0.05) is 26.9 Å². The van der Waals surface area contributed by atoms with Gasteiger partial charge >= 0.3 is 0 Å². The molecule has 0 aliphatic rings. The number of halogens is 2. The van der Waals surface area contributed by atoms with Crippen LogP contribution in [0.3, 0.4) is 0 Å². The van der Waals surface area contributed by atoms with Gasteiger partial charge in [-0.3, -0.25) is 20.4 Å². The Morgan fingerprint density at radius 1 is 1.00 bits per heavy atom. The Hall–Kier alpha value is -2.83. The average molecular weight is 431 g/mol. The lowest BCUT2D eigenvalue weighted by molar-refractivity contribution is -0.121. The van der Waals surface area contributed by atoms with Gasteiger partial charge in [0.15, 0.2) is 0 Å². The summed E-state index contributed by atoms with van der Waals surface area (Å²) in [6.45, 7) is 5.66. The van der Waals surface area contributed by atoms with Crippen LogP contribution in [0, 0.1) is 20.8 Å². The minimum atomic E-state index is -0.423. The van der Waals surface area contributed by atoms with E-state index in [1.165, 1.54) is 0 Å². The van der Waals surface area contributed by atoms with Crippen LogP contribution in [0.1, 0.15) is 32.9 Å². The maximum absolute atomic E-state index is 12.3. The molecule has 3 rings (SSSR count). The van der Waals surface area contributed by atoms with Crippen molar-refractivity contribution in [1.82, 2.24) is 20.6 Å². The zero-order valence-corrected chi connectivity index (χ0v) is 17.7. The summed E-state index contributed by atoms with van der Waals surface area (Å²) >= 11 is 12.0. The molecule has 8 heteroatoms. The first kappa shape index (κ1) is 20.9. The highest BCUT2D eigenvalue weighted by Crippen LogP contribution is 2.23. The van der Waals surface area contributed by atoms with Gasteiger partial charge in [0.05, 0.1) is 17.8 Å². The molecule has 0 saturated carbocycles. The van der Waals surface area contributed by atoms with E-state index in [0.717, 1.165) is 28.2 Å². The van der Waals surface area contributed by atoms with Crippen LogP contribution in [0.25, 0.3) is 5.69 Å². The summed E-state index contributed by atoms with van der Waals surface area (Å²) in [5.74, 6) is -0.770. The van der Waals surface area contributed by atoms with Crippen molar-refractivity contribution in [1.29, 1.82) is 0 Å². The maximum Gasteiger partial charge on any atom is 0.269 e. The molecule has 2 amide bonds. The van der Waals surface area contributed by atoms with Crippen molar-refractivity contribution in [3.8, 4) is 5.69 Å². The third-order valence-corrected chi connectivity index (χ3v) is 5.26. The number of aryl methyl sites for hydroxylation is 2. The zero-order chi connectivity index (χ0) is 21.1. The molecule has 0 bridgehead atoms. The SMILES string of the molecule is Cc1ccc(-n2nc(C)c(CC(=O)NNC(=O)c3ccc(Cl)cc3)c2C)cc1Cl. The summed E-state index contributed by atoms with van der Waals surface area (Å²) in [4.78, 5) is 24.4. The number of carbonyl (C=O) groups is 2. The second-order valence-corrected chi connectivity index (χ2v) is 7.52. The van der Waals surface area contributed by atoms with E-state index in [4.69, 9.17) is 23.2 Å². The van der Waals surface area contributed by atoms with Crippen LogP contribution >= 0.6 is 23.2 Å². The Morgan fingerprint density at radius 2 is 1.69 bits per heavy atom. The number of aromatic nitrogens is 2. The number of hydrogen-bond acceptors (Lipinski definition) is 3. The molecule has 0 aliphatic carbocycles. The number of benzene rings is 2. The van der Waals surface area contributed by atoms with Gasteiger partial charge in [-0.2, -0.15) is 5.10 Å². The third kappa shape index (κ3) is 4.78. The smallest absolute Gasteiger partial charge is 0.269 e. The Labute approximate surface area is 178 Å². The van der Waals surface area contributed by atoms with Crippen molar-refractivity contribution in [2.75, 3.05) is 0 Å². The number of carbonyl (C=O) groups excluding carboxylic acids is 2. The average Bonchev–Trinajstić information content (AvgIpc) is 2.97. The molecule has 150 valence electrons. The van der Waals surface area contributed by atoms with Gasteiger partial charge < -0.3 is 0 Å². The molecule has 0 aliphatic heterocycles. The van der Waals surface area contributed by atoms with E-state index in [9.17, 15) is 9.59 Å². The van der Waals surface area contributed by atoms with Gasteiger partial charge in [-0.25, -0.2) is 4.68 Å². The monoisotopic (exact) mass is 430 g/mol. The molecule has 0 spiro atoms. The van der Waals surface area contributed by atoms with Crippen LogP contribution in [0.2, 0.25) is 10.0 Å². The first-order chi connectivity index (χ1) is 13.8. The summed E-state index contributed by atoms with van der Waals surface area (Å²) in [5, 5.41) is 5.72. The van der Waals surface area contributed by atoms with E-state index in [1.54, 1.807) is 28.9 Å². The number of rotatable bonds is 4. The molecule has 1 aromatic heterocycles. The number of nitrogens with one attached hydrogen (secondary N) is 2. The van der Waals surface area contributed by atoms with Crippen LogP contribution in [-0.2, 0) is 11.2 Å².